The number of amides is 2. The molecule has 1 heterocycles. The van der Waals surface area contributed by atoms with Crippen LogP contribution in [0.4, 0.5) is 11.4 Å². The molecule has 13 nitrogen and oxygen atoms in total. The fraction of sp³-hybridized carbons (Fsp3) is 0.576. The molecule has 0 bridgehead atoms. The molecule has 1 unspecified atom stereocenters. The zero-order chi connectivity index (χ0) is 34.2. The van der Waals surface area contributed by atoms with Gasteiger partial charge in [0.25, 0.3) is 5.91 Å². The lowest BCUT2D eigenvalue weighted by molar-refractivity contribution is -0.148. The number of hydrogen-bond acceptors (Lipinski definition) is 11. The van der Waals surface area contributed by atoms with Crippen LogP contribution in [0.3, 0.4) is 0 Å². The van der Waals surface area contributed by atoms with E-state index in [1.165, 1.54) is 4.90 Å². The Hall–Kier alpha value is -3.36. The van der Waals surface area contributed by atoms with Gasteiger partial charge in [0.05, 0.1) is 23.3 Å². The first kappa shape index (κ1) is 39.1. The van der Waals surface area contributed by atoms with Gasteiger partial charge in [0.15, 0.2) is 17.1 Å². The van der Waals surface area contributed by atoms with Crippen molar-refractivity contribution in [1.29, 1.82) is 0 Å². The highest BCUT2D eigenvalue weighted by Crippen LogP contribution is 2.54. The molecule has 7 N–H and O–H groups in total. The zero-order valence-electron chi connectivity index (χ0n) is 28.3. The standard InChI is InChI=1S/C33H45N5O8.2ClH/c1-32(2,3)14-38-10-8-9-19(38)31(45)35-18-13-20(36(4)5)16-11-15-12-17-24(37(6)7)27(41)23(30(34)44)29(43)33(17,46)28(42)21(15)26(40)22(16)25(18)39;;/h13,15,17,19,24,39,41-42,46H,8-12,14H2,1-7H3,(H2,34,44)(H,35,45);2*1H/t15-,17-,19?,24-,33-;;/m0../s1. The third kappa shape index (κ3) is 6.15. The zero-order valence-corrected chi connectivity index (χ0v) is 29.9. The Morgan fingerprint density at radius 1 is 1.10 bits per heavy atom. The highest BCUT2D eigenvalue weighted by Gasteiger charge is 2.63. The Morgan fingerprint density at radius 2 is 1.73 bits per heavy atom. The van der Waals surface area contributed by atoms with Gasteiger partial charge < -0.3 is 36.4 Å². The van der Waals surface area contributed by atoms with Crippen LogP contribution < -0.4 is 16.0 Å². The summed E-state index contributed by atoms with van der Waals surface area (Å²) in [6, 6.07) is 0.134. The number of allylic oxidation sites excluding steroid dienone is 1. The van der Waals surface area contributed by atoms with E-state index in [1.807, 2.05) is 0 Å². The van der Waals surface area contributed by atoms with E-state index in [4.69, 9.17) is 5.73 Å². The molecule has 1 saturated heterocycles. The van der Waals surface area contributed by atoms with E-state index in [1.54, 1.807) is 39.2 Å². The van der Waals surface area contributed by atoms with Crippen LogP contribution in [0, 0.1) is 17.3 Å². The van der Waals surface area contributed by atoms with Gasteiger partial charge in [0, 0.05) is 37.8 Å². The maximum Gasteiger partial charge on any atom is 0.255 e. The predicted octanol–water partition coefficient (Wildman–Crippen LogP) is 2.48. The summed E-state index contributed by atoms with van der Waals surface area (Å²) in [6.45, 7) is 7.77. The summed E-state index contributed by atoms with van der Waals surface area (Å²) in [5, 5.41) is 48.8. The highest BCUT2D eigenvalue weighted by molar-refractivity contribution is 6.25. The first-order valence-corrected chi connectivity index (χ1v) is 15.6. The lowest BCUT2D eigenvalue weighted by Gasteiger charge is -2.50. The number of primary amides is 1. The molecule has 0 saturated carbocycles. The van der Waals surface area contributed by atoms with Crippen LogP contribution in [-0.2, 0) is 20.8 Å². The van der Waals surface area contributed by atoms with Crippen LogP contribution in [0.15, 0.2) is 28.7 Å². The Bertz CT molecular complexity index is 1600. The number of carbonyl (C=O) groups excluding carboxylic acids is 4. The number of likely N-dealkylation sites (N-methyl/N-ethyl adjacent to an activating group) is 1. The molecule has 1 aliphatic heterocycles. The van der Waals surface area contributed by atoms with Crippen LogP contribution in [0.25, 0.3) is 0 Å². The van der Waals surface area contributed by atoms with E-state index in [2.05, 4.69) is 31.0 Å². The number of anilines is 2. The van der Waals surface area contributed by atoms with Crippen molar-refractivity contribution < 1.29 is 39.6 Å². The monoisotopic (exact) mass is 711 g/mol. The second kappa shape index (κ2) is 13.5. The largest absolute Gasteiger partial charge is 0.510 e. The molecule has 0 spiro atoms. The molecule has 3 aliphatic carbocycles. The number of aliphatic hydroxyl groups excluding tert-OH is 2. The van der Waals surface area contributed by atoms with Gasteiger partial charge in [-0.2, -0.15) is 0 Å². The molecule has 1 fully saturated rings. The summed E-state index contributed by atoms with van der Waals surface area (Å²) in [4.78, 5) is 59.0. The number of rotatable bonds is 6. The number of carbonyl (C=O) groups is 4. The molecule has 4 aliphatic rings. The molecule has 48 heavy (non-hydrogen) atoms. The van der Waals surface area contributed by atoms with Crippen molar-refractivity contribution in [3.05, 3.63) is 39.9 Å². The molecule has 5 rings (SSSR count). The second-order valence-corrected chi connectivity index (χ2v) is 14.7. The van der Waals surface area contributed by atoms with Gasteiger partial charge in [-0.3, -0.25) is 29.0 Å². The van der Waals surface area contributed by atoms with Gasteiger partial charge in [-0.1, -0.05) is 20.8 Å². The van der Waals surface area contributed by atoms with Crippen LogP contribution >= 0.6 is 24.8 Å². The van der Waals surface area contributed by atoms with E-state index in [9.17, 15) is 39.6 Å². The first-order chi connectivity index (χ1) is 21.3. The van der Waals surface area contributed by atoms with Gasteiger partial charge in [-0.25, -0.2) is 0 Å². The van der Waals surface area contributed by atoms with E-state index in [0.29, 0.717) is 24.2 Å². The molecular formula is C33H47Cl2N5O8. The molecule has 1 aromatic rings. The van der Waals surface area contributed by atoms with E-state index >= 15 is 0 Å². The van der Waals surface area contributed by atoms with Crippen molar-refractivity contribution in [3.8, 4) is 5.75 Å². The average Bonchev–Trinajstić information content (AvgIpc) is 3.38. The molecular weight excluding hydrogens is 665 g/mol. The maximum absolute atomic E-state index is 14.3. The maximum atomic E-state index is 14.3. The quantitative estimate of drug-likeness (QED) is 0.187. The van der Waals surface area contributed by atoms with Gasteiger partial charge in [0.1, 0.15) is 17.1 Å². The SMILES string of the molecule is CN(C)c1cc(NC(=O)C2CCCN2CC(C)(C)C)c(O)c2c1C[C@H]1C[C@H]3[C@H](N(C)C)C(O)=C(C(N)=O)C(=O)[C@@]3(O)C(O)=C1C2=O.Cl.Cl. The number of benzene rings is 1. The lowest BCUT2D eigenvalue weighted by Crippen LogP contribution is -2.63. The summed E-state index contributed by atoms with van der Waals surface area (Å²) in [6.07, 6.45) is 1.63. The number of Topliss-reactive ketones (excluding diaryl/α,β-unsaturated/α-hetero) is 2. The predicted molar refractivity (Wildman–Crippen MR) is 185 cm³/mol. The van der Waals surface area contributed by atoms with Crippen molar-refractivity contribution >= 4 is 59.6 Å². The van der Waals surface area contributed by atoms with Crippen molar-refractivity contribution in [2.75, 3.05) is 51.5 Å². The Balaban J connectivity index is 0.00000312. The number of nitrogens with zero attached hydrogens (tertiary/aromatic N) is 3. The molecule has 0 radical (unpaired) electrons. The third-order valence-corrected chi connectivity index (χ3v) is 9.78. The number of phenols is 1. The molecule has 5 atom stereocenters. The Morgan fingerprint density at radius 3 is 2.27 bits per heavy atom. The van der Waals surface area contributed by atoms with Gasteiger partial charge in [-0.15, -0.1) is 24.8 Å². The van der Waals surface area contributed by atoms with Gasteiger partial charge in [0.2, 0.25) is 11.7 Å². The smallest absolute Gasteiger partial charge is 0.255 e. The van der Waals surface area contributed by atoms with Crippen LogP contribution in [-0.4, -0.2) is 113 Å². The van der Waals surface area contributed by atoms with Crippen molar-refractivity contribution in [3.63, 3.8) is 0 Å². The minimum atomic E-state index is -2.73. The third-order valence-electron chi connectivity index (χ3n) is 9.78. The van der Waals surface area contributed by atoms with Gasteiger partial charge >= 0.3 is 0 Å². The fourth-order valence-corrected chi connectivity index (χ4v) is 7.93. The average molecular weight is 713 g/mol. The number of likely N-dealkylation sites (tertiary alicyclic amines) is 1. The van der Waals surface area contributed by atoms with Crippen molar-refractivity contribution in [1.82, 2.24) is 9.80 Å². The number of aliphatic hydroxyl groups is 3. The number of phenolic OH excluding ortho intramolecular Hbond substituents is 1. The van der Waals surface area contributed by atoms with Crippen LogP contribution in [0.5, 0.6) is 5.75 Å². The summed E-state index contributed by atoms with van der Waals surface area (Å²) >= 11 is 0. The Kier molecular flexibility index (Phi) is 11.0. The number of nitrogens with one attached hydrogen (secondary N) is 1. The Labute approximate surface area is 292 Å². The highest BCUT2D eigenvalue weighted by atomic mass is 35.5. The van der Waals surface area contributed by atoms with Crippen LogP contribution in [0.2, 0.25) is 0 Å². The number of halogens is 2. The summed E-state index contributed by atoms with van der Waals surface area (Å²) in [5.74, 6) is -7.54. The molecule has 1 aromatic carbocycles. The number of hydrogen-bond donors (Lipinski definition) is 6. The number of aromatic hydroxyl groups is 1. The molecule has 266 valence electrons. The molecule has 15 heteroatoms. The van der Waals surface area contributed by atoms with E-state index < -0.39 is 69.8 Å². The summed E-state index contributed by atoms with van der Waals surface area (Å²) in [7, 11) is 6.70. The van der Waals surface area contributed by atoms with Crippen molar-refractivity contribution in [2.45, 2.75) is 64.1 Å². The topological polar surface area (TPSA) is 197 Å². The second-order valence-electron chi connectivity index (χ2n) is 14.7. The normalized spacial score (nSPS) is 27.1. The fourth-order valence-electron chi connectivity index (χ4n) is 7.93. The number of fused-ring (bicyclic) bond motifs is 3. The summed E-state index contributed by atoms with van der Waals surface area (Å²) < 4.78 is 0. The van der Waals surface area contributed by atoms with E-state index in [-0.39, 0.29) is 65.8 Å². The lowest BCUT2D eigenvalue weighted by atomic mass is 9.58. The summed E-state index contributed by atoms with van der Waals surface area (Å²) in [5.41, 5.74) is 2.47. The van der Waals surface area contributed by atoms with Crippen LogP contribution in [0.1, 0.15) is 56.0 Å². The first-order valence-electron chi connectivity index (χ1n) is 15.6. The number of nitrogens with two attached hydrogens (primary N) is 1. The minimum absolute atomic E-state index is 0. The number of ketones is 2. The minimum Gasteiger partial charge on any atom is -0.510 e. The van der Waals surface area contributed by atoms with Gasteiger partial charge in [-0.05, 0) is 69.3 Å². The van der Waals surface area contributed by atoms with E-state index in [0.717, 1.165) is 13.0 Å². The molecule has 2 amide bonds. The molecule has 0 aromatic heterocycles. The van der Waals surface area contributed by atoms with Crippen molar-refractivity contribution in [2.24, 2.45) is 23.0 Å².